The quantitative estimate of drug-likeness (QED) is 0.408. The van der Waals surface area contributed by atoms with Crippen molar-refractivity contribution in [2.24, 2.45) is 4.99 Å². The summed E-state index contributed by atoms with van der Waals surface area (Å²) in [6, 6.07) is 1.56. The Labute approximate surface area is 171 Å². The summed E-state index contributed by atoms with van der Waals surface area (Å²) < 4.78 is 6.20. The van der Waals surface area contributed by atoms with Crippen molar-refractivity contribution in [3.8, 4) is 5.75 Å². The maximum atomic E-state index is 12.8. The number of carbonyl (C=O) groups is 1. The lowest BCUT2D eigenvalue weighted by atomic mass is 10.1. The Balaban J connectivity index is 2.17. The molecular formula is C17H14N4O8S. The Hall–Kier alpha value is -3.87. The van der Waals surface area contributed by atoms with Gasteiger partial charge in [0.25, 0.3) is 11.2 Å². The number of nitro groups is 2. The molecule has 0 amide bonds. The fourth-order valence-electron chi connectivity index (χ4n) is 2.77. The van der Waals surface area contributed by atoms with Gasteiger partial charge in [-0.25, -0.2) is 9.79 Å². The van der Waals surface area contributed by atoms with Crippen LogP contribution in [0.3, 0.4) is 0 Å². The molecule has 0 radical (unpaired) electrons. The SMILES string of the molecule is CCOC(=O)C1=C(C)N=c2s/c(=C\c3cc([N+](=O)[O-])cc([N+](=O)[O-])c3O)c(=O)n2C1. The molecule has 156 valence electrons. The molecular weight excluding hydrogens is 420 g/mol. The molecule has 1 aromatic carbocycles. The fraction of sp³-hybridized carbons (Fsp3) is 0.235. The summed E-state index contributed by atoms with van der Waals surface area (Å²) >= 11 is 0.916. The summed E-state index contributed by atoms with van der Waals surface area (Å²) in [6.07, 6.45) is 1.11. The van der Waals surface area contributed by atoms with E-state index in [0.29, 0.717) is 11.8 Å². The summed E-state index contributed by atoms with van der Waals surface area (Å²) in [7, 11) is 0. The van der Waals surface area contributed by atoms with E-state index in [1.165, 1.54) is 4.57 Å². The van der Waals surface area contributed by atoms with E-state index in [2.05, 4.69) is 4.99 Å². The monoisotopic (exact) mass is 434 g/mol. The van der Waals surface area contributed by atoms with Crippen molar-refractivity contribution < 1.29 is 24.5 Å². The molecule has 2 aromatic rings. The molecule has 0 spiro atoms. The fourth-order valence-corrected chi connectivity index (χ4v) is 3.79. The van der Waals surface area contributed by atoms with Crippen molar-refractivity contribution in [2.75, 3.05) is 6.61 Å². The van der Waals surface area contributed by atoms with Crippen molar-refractivity contribution in [3.05, 3.63) is 68.9 Å². The zero-order chi connectivity index (χ0) is 22.2. The molecule has 0 saturated carbocycles. The Morgan fingerprint density at radius 2 is 2.07 bits per heavy atom. The van der Waals surface area contributed by atoms with Gasteiger partial charge >= 0.3 is 11.7 Å². The predicted molar refractivity (Wildman–Crippen MR) is 104 cm³/mol. The third kappa shape index (κ3) is 3.69. The molecule has 0 bridgehead atoms. The summed E-state index contributed by atoms with van der Waals surface area (Å²) in [4.78, 5) is 49.7. The van der Waals surface area contributed by atoms with Crippen LogP contribution in [0.25, 0.3) is 6.08 Å². The van der Waals surface area contributed by atoms with Gasteiger partial charge in [0.15, 0.2) is 4.80 Å². The molecule has 0 unspecified atom stereocenters. The van der Waals surface area contributed by atoms with Gasteiger partial charge in [0, 0.05) is 11.6 Å². The van der Waals surface area contributed by atoms with E-state index in [9.17, 15) is 34.9 Å². The topological polar surface area (TPSA) is 167 Å². The molecule has 30 heavy (non-hydrogen) atoms. The first-order chi connectivity index (χ1) is 14.1. The molecule has 1 aliphatic rings. The Kier molecular flexibility index (Phi) is 5.47. The number of fused-ring (bicyclic) bond motifs is 1. The van der Waals surface area contributed by atoms with Crippen LogP contribution < -0.4 is 14.9 Å². The van der Waals surface area contributed by atoms with E-state index in [1.54, 1.807) is 13.8 Å². The molecule has 0 aliphatic carbocycles. The van der Waals surface area contributed by atoms with Crippen LogP contribution in [0.4, 0.5) is 11.4 Å². The second-order valence-corrected chi connectivity index (χ2v) is 7.11. The molecule has 0 saturated heterocycles. The van der Waals surface area contributed by atoms with Gasteiger partial charge in [-0.2, -0.15) is 0 Å². The molecule has 1 N–H and O–H groups in total. The number of ether oxygens (including phenoxy) is 1. The van der Waals surface area contributed by atoms with Crippen molar-refractivity contribution in [1.29, 1.82) is 0 Å². The number of nitrogens with zero attached hydrogens (tertiary/aromatic N) is 4. The molecule has 1 aliphatic heterocycles. The number of phenols is 1. The van der Waals surface area contributed by atoms with Crippen LogP contribution in [0.5, 0.6) is 5.75 Å². The number of non-ortho nitro benzene ring substituents is 1. The van der Waals surface area contributed by atoms with E-state index < -0.39 is 38.5 Å². The zero-order valence-corrected chi connectivity index (χ0v) is 16.5. The minimum absolute atomic E-state index is 0.0248. The highest BCUT2D eigenvalue weighted by Gasteiger charge is 2.24. The lowest BCUT2D eigenvalue weighted by Crippen LogP contribution is -2.35. The molecule has 3 rings (SSSR count). The van der Waals surface area contributed by atoms with E-state index in [4.69, 9.17) is 4.74 Å². The number of carbonyl (C=O) groups excluding carboxylic acids is 1. The van der Waals surface area contributed by atoms with Gasteiger partial charge in [-0.05, 0) is 19.9 Å². The second-order valence-electron chi connectivity index (χ2n) is 6.10. The summed E-state index contributed by atoms with van der Waals surface area (Å²) in [5.74, 6) is -1.40. The summed E-state index contributed by atoms with van der Waals surface area (Å²) in [6.45, 7) is 3.32. The highest BCUT2D eigenvalue weighted by molar-refractivity contribution is 7.07. The van der Waals surface area contributed by atoms with Gasteiger partial charge in [0.2, 0.25) is 5.75 Å². The lowest BCUT2D eigenvalue weighted by Gasteiger charge is -2.12. The van der Waals surface area contributed by atoms with E-state index in [0.717, 1.165) is 23.5 Å². The first-order valence-corrected chi connectivity index (χ1v) is 9.28. The number of allylic oxidation sites excluding steroid dienone is 1. The molecule has 0 fully saturated rings. The minimum atomic E-state index is -0.958. The van der Waals surface area contributed by atoms with Gasteiger partial charge in [-0.3, -0.25) is 29.6 Å². The lowest BCUT2D eigenvalue weighted by molar-refractivity contribution is -0.394. The average Bonchev–Trinajstić information content (AvgIpc) is 2.97. The predicted octanol–water partition coefficient (Wildman–Crippen LogP) is 0.731. The largest absolute Gasteiger partial charge is 0.502 e. The maximum Gasteiger partial charge on any atom is 0.337 e. The van der Waals surface area contributed by atoms with Gasteiger partial charge < -0.3 is 9.84 Å². The van der Waals surface area contributed by atoms with E-state index in [1.807, 2.05) is 0 Å². The van der Waals surface area contributed by atoms with Crippen molar-refractivity contribution >= 4 is 34.8 Å². The van der Waals surface area contributed by atoms with Crippen molar-refractivity contribution in [2.45, 2.75) is 20.4 Å². The van der Waals surface area contributed by atoms with E-state index >= 15 is 0 Å². The number of aromatic nitrogens is 1. The molecule has 2 heterocycles. The number of rotatable bonds is 5. The maximum absolute atomic E-state index is 12.8. The van der Waals surface area contributed by atoms with E-state index in [-0.39, 0.29) is 33.6 Å². The van der Waals surface area contributed by atoms with Crippen LogP contribution in [-0.2, 0) is 16.1 Å². The number of thiazole rings is 1. The highest BCUT2D eigenvalue weighted by Crippen LogP contribution is 2.34. The molecule has 12 nitrogen and oxygen atoms in total. The van der Waals surface area contributed by atoms with Gasteiger partial charge in [0.05, 0.1) is 44.9 Å². The number of hydrogen-bond donors (Lipinski definition) is 1. The molecule has 0 atom stereocenters. The molecule has 1 aromatic heterocycles. The number of aromatic hydroxyl groups is 1. The Morgan fingerprint density at radius 1 is 1.37 bits per heavy atom. The van der Waals surface area contributed by atoms with Gasteiger partial charge in [-0.15, -0.1) is 0 Å². The molecule has 13 heteroatoms. The van der Waals surface area contributed by atoms with Crippen LogP contribution in [0.2, 0.25) is 0 Å². The number of nitro benzene ring substituents is 2. The third-order valence-electron chi connectivity index (χ3n) is 4.22. The first-order valence-electron chi connectivity index (χ1n) is 8.46. The van der Waals surface area contributed by atoms with Gasteiger partial charge in [-0.1, -0.05) is 11.3 Å². The number of esters is 1. The Morgan fingerprint density at radius 3 is 2.67 bits per heavy atom. The standard InChI is InChI=1S/C17H14N4O8S/c1-3-29-16(24)11-7-19-15(23)13(30-17(19)18-8(11)2)5-9-4-10(20(25)26)6-12(14(9)22)21(27)28/h4-6,22H,3,7H2,1-2H3/b13-5-. The zero-order valence-electron chi connectivity index (χ0n) is 15.6. The van der Waals surface area contributed by atoms with Crippen molar-refractivity contribution in [1.82, 2.24) is 4.57 Å². The van der Waals surface area contributed by atoms with Crippen LogP contribution in [-0.4, -0.2) is 32.1 Å². The van der Waals surface area contributed by atoms with Crippen LogP contribution in [0.1, 0.15) is 19.4 Å². The number of hydrogen-bond acceptors (Lipinski definition) is 10. The van der Waals surface area contributed by atoms with Crippen LogP contribution >= 0.6 is 11.3 Å². The number of benzene rings is 1. The average molecular weight is 434 g/mol. The second kappa shape index (κ2) is 7.87. The normalized spacial score (nSPS) is 13.6. The highest BCUT2D eigenvalue weighted by atomic mass is 32.1. The van der Waals surface area contributed by atoms with Crippen LogP contribution in [0, 0.1) is 20.2 Å². The van der Waals surface area contributed by atoms with Crippen LogP contribution in [0.15, 0.2) is 33.2 Å². The third-order valence-corrected chi connectivity index (χ3v) is 5.23. The summed E-state index contributed by atoms with van der Waals surface area (Å²) in [5.41, 5.74) is -1.70. The summed E-state index contributed by atoms with van der Waals surface area (Å²) in [5, 5.41) is 32.3. The smallest absolute Gasteiger partial charge is 0.337 e. The Bertz CT molecular complexity index is 1300. The first kappa shape index (κ1) is 20.9. The van der Waals surface area contributed by atoms with Gasteiger partial charge in [0.1, 0.15) is 0 Å². The minimum Gasteiger partial charge on any atom is -0.502 e. The number of phenolic OH excluding ortho intramolecular Hbond substituents is 1. The van der Waals surface area contributed by atoms with Crippen molar-refractivity contribution in [3.63, 3.8) is 0 Å².